The fraction of sp³-hybridized carbons (Fsp3) is 0.211. The maximum absolute atomic E-state index is 6.11. The maximum atomic E-state index is 6.11. The zero-order chi connectivity index (χ0) is 19.2. The Balaban J connectivity index is 1.89. The molecule has 0 radical (unpaired) electrons. The van der Waals surface area contributed by atoms with Crippen LogP contribution >= 0.6 is 11.6 Å². The molecule has 7 nitrogen and oxygen atoms in total. The van der Waals surface area contributed by atoms with E-state index in [1.807, 2.05) is 48.2 Å². The van der Waals surface area contributed by atoms with Crippen LogP contribution in [0, 0.1) is 0 Å². The fourth-order valence-corrected chi connectivity index (χ4v) is 2.75. The molecule has 1 heterocycles. The lowest BCUT2D eigenvalue weighted by atomic mass is 10.3. The third-order valence-electron chi connectivity index (χ3n) is 3.84. The number of ether oxygens (including phenoxy) is 2. The lowest BCUT2D eigenvalue weighted by Gasteiger charge is -2.21. The molecule has 0 aliphatic heterocycles. The highest BCUT2D eigenvalue weighted by Crippen LogP contribution is 2.28. The third kappa shape index (κ3) is 4.57. The lowest BCUT2D eigenvalue weighted by Crippen LogP contribution is -2.19. The number of aromatic nitrogens is 3. The quantitative estimate of drug-likeness (QED) is 0.644. The number of hydrogen-bond acceptors (Lipinski definition) is 7. The Morgan fingerprint density at radius 1 is 1.04 bits per heavy atom. The van der Waals surface area contributed by atoms with E-state index in [4.69, 9.17) is 21.1 Å². The first kappa shape index (κ1) is 18.7. The topological polar surface area (TPSA) is 72.4 Å². The molecule has 8 heteroatoms. The Morgan fingerprint density at radius 3 is 2.41 bits per heavy atom. The number of anilines is 4. The van der Waals surface area contributed by atoms with E-state index in [1.54, 1.807) is 20.3 Å². The second-order valence-electron chi connectivity index (χ2n) is 5.56. The number of halogens is 1. The molecule has 1 aromatic heterocycles. The average molecular weight is 386 g/mol. The van der Waals surface area contributed by atoms with E-state index in [9.17, 15) is 0 Å². The van der Waals surface area contributed by atoms with Crippen LogP contribution in [0.25, 0.3) is 0 Å². The Bertz CT molecular complexity index is 900. The normalized spacial score (nSPS) is 10.4. The predicted octanol–water partition coefficient (Wildman–Crippen LogP) is 4.44. The van der Waals surface area contributed by atoms with Crippen LogP contribution < -0.4 is 19.7 Å². The van der Waals surface area contributed by atoms with Crippen LogP contribution in [-0.2, 0) is 0 Å². The van der Waals surface area contributed by atoms with Crippen LogP contribution in [0.4, 0.5) is 23.3 Å². The van der Waals surface area contributed by atoms with Crippen molar-refractivity contribution >= 4 is 34.9 Å². The van der Waals surface area contributed by atoms with Crippen LogP contribution in [-0.4, -0.2) is 35.7 Å². The fourth-order valence-electron chi connectivity index (χ4n) is 2.57. The first-order valence-corrected chi connectivity index (χ1v) is 8.73. The Morgan fingerprint density at radius 2 is 1.78 bits per heavy atom. The van der Waals surface area contributed by atoms with Gasteiger partial charge in [-0.1, -0.05) is 17.7 Å². The second kappa shape index (κ2) is 8.55. The van der Waals surface area contributed by atoms with Gasteiger partial charge < -0.3 is 19.7 Å². The van der Waals surface area contributed by atoms with Crippen molar-refractivity contribution < 1.29 is 9.47 Å². The Kier molecular flexibility index (Phi) is 5.93. The van der Waals surface area contributed by atoms with Crippen molar-refractivity contribution in [1.82, 2.24) is 15.0 Å². The van der Waals surface area contributed by atoms with Gasteiger partial charge in [0.1, 0.15) is 17.8 Å². The van der Waals surface area contributed by atoms with Gasteiger partial charge in [0.25, 0.3) is 0 Å². The SMILES string of the molecule is CCN(c1cccc(Cl)c1)c1ncnc(Nc2cc(OC)cc(OC)c2)n1. The number of nitrogens with one attached hydrogen (secondary N) is 1. The highest BCUT2D eigenvalue weighted by atomic mass is 35.5. The van der Waals surface area contributed by atoms with Crippen molar-refractivity contribution in [2.24, 2.45) is 0 Å². The minimum atomic E-state index is 0.413. The van der Waals surface area contributed by atoms with Gasteiger partial charge in [-0.15, -0.1) is 0 Å². The zero-order valence-electron chi connectivity index (χ0n) is 15.3. The van der Waals surface area contributed by atoms with E-state index < -0.39 is 0 Å². The maximum Gasteiger partial charge on any atom is 0.234 e. The van der Waals surface area contributed by atoms with Crippen molar-refractivity contribution in [3.05, 3.63) is 53.8 Å². The van der Waals surface area contributed by atoms with Gasteiger partial charge in [0.2, 0.25) is 11.9 Å². The molecular weight excluding hydrogens is 366 g/mol. The van der Waals surface area contributed by atoms with Gasteiger partial charge in [-0.2, -0.15) is 4.98 Å². The second-order valence-corrected chi connectivity index (χ2v) is 6.00. The summed E-state index contributed by atoms with van der Waals surface area (Å²) in [5.41, 5.74) is 1.65. The van der Waals surface area contributed by atoms with Crippen molar-refractivity contribution in [2.75, 3.05) is 31.0 Å². The minimum absolute atomic E-state index is 0.413. The number of rotatable bonds is 7. The molecule has 140 valence electrons. The van der Waals surface area contributed by atoms with Crippen molar-refractivity contribution in [1.29, 1.82) is 0 Å². The number of benzene rings is 2. The first-order chi connectivity index (χ1) is 13.1. The van der Waals surface area contributed by atoms with E-state index in [1.165, 1.54) is 6.33 Å². The summed E-state index contributed by atoms with van der Waals surface area (Å²) in [6, 6.07) is 13.0. The summed E-state index contributed by atoms with van der Waals surface area (Å²) in [4.78, 5) is 15.0. The molecule has 0 aliphatic carbocycles. The van der Waals surface area contributed by atoms with E-state index in [-0.39, 0.29) is 0 Å². The molecule has 0 amide bonds. The molecule has 0 saturated heterocycles. The van der Waals surface area contributed by atoms with Crippen LogP contribution in [0.2, 0.25) is 5.02 Å². The van der Waals surface area contributed by atoms with Crippen molar-refractivity contribution in [3.63, 3.8) is 0 Å². The Labute approximate surface area is 163 Å². The Hall–Kier alpha value is -3.06. The molecule has 0 fully saturated rings. The summed E-state index contributed by atoms with van der Waals surface area (Å²) in [6.07, 6.45) is 1.47. The van der Waals surface area contributed by atoms with Gasteiger partial charge in [0.05, 0.1) is 14.2 Å². The van der Waals surface area contributed by atoms with Gasteiger partial charge in [0, 0.05) is 41.1 Å². The average Bonchev–Trinajstić information content (AvgIpc) is 2.68. The summed E-state index contributed by atoms with van der Waals surface area (Å²) >= 11 is 6.11. The molecule has 0 unspecified atom stereocenters. The van der Waals surface area contributed by atoms with Gasteiger partial charge in [-0.05, 0) is 25.1 Å². The highest BCUT2D eigenvalue weighted by molar-refractivity contribution is 6.30. The third-order valence-corrected chi connectivity index (χ3v) is 4.08. The zero-order valence-corrected chi connectivity index (χ0v) is 16.1. The predicted molar refractivity (Wildman–Crippen MR) is 107 cm³/mol. The molecular formula is C19H20ClN5O2. The summed E-state index contributed by atoms with van der Waals surface area (Å²) in [7, 11) is 3.20. The molecule has 2 aromatic carbocycles. The summed E-state index contributed by atoms with van der Waals surface area (Å²) in [5, 5.41) is 3.82. The van der Waals surface area contributed by atoms with Crippen LogP contribution in [0.15, 0.2) is 48.8 Å². The van der Waals surface area contributed by atoms with Crippen LogP contribution in [0.5, 0.6) is 11.5 Å². The van der Waals surface area contributed by atoms with E-state index in [2.05, 4.69) is 20.3 Å². The van der Waals surface area contributed by atoms with Crippen LogP contribution in [0.1, 0.15) is 6.92 Å². The minimum Gasteiger partial charge on any atom is -0.497 e. The molecule has 0 saturated carbocycles. The molecule has 0 aliphatic rings. The van der Waals surface area contributed by atoms with Gasteiger partial charge in [-0.25, -0.2) is 9.97 Å². The monoisotopic (exact) mass is 385 g/mol. The standard InChI is InChI=1S/C19H20ClN5O2/c1-4-25(15-7-5-6-13(20)8-15)19-22-12-21-18(24-19)23-14-9-16(26-2)11-17(10-14)27-3/h5-12H,4H2,1-3H3,(H,21,22,23,24). The van der Waals surface area contributed by atoms with Crippen LogP contribution in [0.3, 0.4) is 0 Å². The molecule has 3 rings (SSSR count). The van der Waals surface area contributed by atoms with Crippen molar-refractivity contribution in [3.8, 4) is 11.5 Å². The number of nitrogens with zero attached hydrogens (tertiary/aromatic N) is 4. The van der Waals surface area contributed by atoms with E-state index >= 15 is 0 Å². The van der Waals surface area contributed by atoms with E-state index in [0.29, 0.717) is 35.0 Å². The summed E-state index contributed by atoms with van der Waals surface area (Å²) < 4.78 is 10.6. The number of hydrogen-bond donors (Lipinski definition) is 1. The molecule has 0 bridgehead atoms. The van der Waals surface area contributed by atoms with Crippen molar-refractivity contribution in [2.45, 2.75) is 6.92 Å². The summed E-state index contributed by atoms with van der Waals surface area (Å²) in [6.45, 7) is 2.70. The van der Waals surface area contributed by atoms with Gasteiger partial charge >= 0.3 is 0 Å². The molecule has 3 aromatic rings. The molecule has 0 atom stereocenters. The van der Waals surface area contributed by atoms with E-state index in [0.717, 1.165) is 11.4 Å². The van der Waals surface area contributed by atoms with Gasteiger partial charge in [-0.3, -0.25) is 0 Å². The molecule has 1 N–H and O–H groups in total. The largest absolute Gasteiger partial charge is 0.497 e. The molecule has 0 spiro atoms. The van der Waals surface area contributed by atoms with Gasteiger partial charge in [0.15, 0.2) is 0 Å². The number of methoxy groups -OCH3 is 2. The highest BCUT2D eigenvalue weighted by Gasteiger charge is 2.12. The first-order valence-electron chi connectivity index (χ1n) is 8.35. The summed E-state index contributed by atoms with van der Waals surface area (Å²) in [5.74, 6) is 2.27. The lowest BCUT2D eigenvalue weighted by molar-refractivity contribution is 0.395. The molecule has 27 heavy (non-hydrogen) atoms. The smallest absolute Gasteiger partial charge is 0.234 e.